The molecule has 1 aliphatic heterocycles. The number of piperidine rings is 1. The Kier molecular flexibility index (Phi) is 4.12. The maximum atomic E-state index is 11.0. The lowest BCUT2D eigenvalue weighted by molar-refractivity contribution is -0.0345. The molecule has 2 aliphatic rings. The summed E-state index contributed by atoms with van der Waals surface area (Å²) in [6, 6.07) is 17.1. The Morgan fingerprint density at radius 3 is 2.18 bits per heavy atom. The van der Waals surface area contributed by atoms with Crippen molar-refractivity contribution in [1.82, 2.24) is 9.47 Å². The molecule has 0 spiro atoms. The van der Waals surface area contributed by atoms with Gasteiger partial charge in [-0.1, -0.05) is 57.2 Å². The third-order valence-corrected chi connectivity index (χ3v) is 8.21. The van der Waals surface area contributed by atoms with E-state index in [1.807, 2.05) is 0 Å². The molecule has 1 saturated carbocycles. The van der Waals surface area contributed by atoms with Crippen LogP contribution >= 0.6 is 0 Å². The van der Waals surface area contributed by atoms with Gasteiger partial charge in [-0.2, -0.15) is 0 Å². The van der Waals surface area contributed by atoms with Crippen molar-refractivity contribution in [3.05, 3.63) is 48.5 Å². The van der Waals surface area contributed by atoms with Gasteiger partial charge in [-0.25, -0.2) is 0 Å². The predicted molar refractivity (Wildman–Crippen MR) is 117 cm³/mol. The highest BCUT2D eigenvalue weighted by Gasteiger charge is 2.55. The lowest BCUT2D eigenvalue weighted by Gasteiger charge is -2.50. The van der Waals surface area contributed by atoms with E-state index in [0.29, 0.717) is 17.4 Å². The van der Waals surface area contributed by atoms with E-state index in [1.54, 1.807) is 0 Å². The van der Waals surface area contributed by atoms with Crippen LogP contribution in [-0.4, -0.2) is 40.3 Å². The molecular formula is C25H32N2O. The van der Waals surface area contributed by atoms with E-state index in [0.717, 1.165) is 25.6 Å². The van der Waals surface area contributed by atoms with Crippen LogP contribution in [0.3, 0.4) is 0 Å². The van der Waals surface area contributed by atoms with Crippen molar-refractivity contribution in [2.45, 2.75) is 46.3 Å². The lowest BCUT2D eigenvalue weighted by Crippen LogP contribution is -2.53. The van der Waals surface area contributed by atoms with E-state index in [9.17, 15) is 5.11 Å². The molecule has 1 aromatic heterocycles. The zero-order valence-corrected chi connectivity index (χ0v) is 17.4. The molecule has 0 radical (unpaired) electrons. The summed E-state index contributed by atoms with van der Waals surface area (Å²) in [6.45, 7) is 11.0. The maximum Gasteiger partial charge on any atom is 0.0845 e. The van der Waals surface area contributed by atoms with Crippen LogP contribution in [0.15, 0.2) is 48.5 Å². The Hall–Kier alpha value is -1.84. The van der Waals surface area contributed by atoms with Gasteiger partial charge >= 0.3 is 0 Å². The molecule has 2 aromatic carbocycles. The number of nitrogens with zero attached hydrogens (tertiary/aromatic N) is 2. The first-order valence-electron chi connectivity index (χ1n) is 10.8. The minimum absolute atomic E-state index is 0.358. The molecule has 1 aliphatic carbocycles. The number of rotatable bonds is 4. The van der Waals surface area contributed by atoms with Crippen molar-refractivity contribution < 1.29 is 5.11 Å². The highest BCUT2D eigenvalue weighted by atomic mass is 16.3. The number of hydrogen-bond donors (Lipinski definition) is 1. The van der Waals surface area contributed by atoms with Gasteiger partial charge in [0.1, 0.15) is 0 Å². The summed E-state index contributed by atoms with van der Waals surface area (Å²) in [5.74, 6) is 0.756. The zero-order chi connectivity index (χ0) is 19.5. The maximum absolute atomic E-state index is 11.0. The molecule has 2 bridgehead atoms. The molecule has 3 atom stereocenters. The van der Waals surface area contributed by atoms with E-state index < -0.39 is 0 Å². The van der Waals surface area contributed by atoms with Crippen LogP contribution in [0.2, 0.25) is 0 Å². The van der Waals surface area contributed by atoms with Crippen LogP contribution in [0.5, 0.6) is 0 Å². The molecule has 1 saturated heterocycles. The van der Waals surface area contributed by atoms with Gasteiger partial charge in [-0.3, -0.25) is 4.90 Å². The largest absolute Gasteiger partial charge is 0.390 e. The standard InChI is InChI=1S/C25H32N2O/c1-24(2)18-12-13-25(24,3)17-26(14-18)15-19(28)16-27-22-10-6-4-8-20(22)21-9-5-7-11-23(21)27/h4-11,18-19,28H,12-17H2,1-3H3/t18-,19-,25+/m0/s1. The molecule has 28 heavy (non-hydrogen) atoms. The van der Waals surface area contributed by atoms with Gasteiger partial charge in [0.2, 0.25) is 0 Å². The number of β-amino-alcohol motifs (C(OH)–C–C–N with tert-alkyl or cyclic N) is 1. The van der Waals surface area contributed by atoms with Gasteiger partial charge in [0.15, 0.2) is 0 Å². The summed E-state index contributed by atoms with van der Waals surface area (Å²) in [5, 5.41) is 13.6. The van der Waals surface area contributed by atoms with Gasteiger partial charge in [-0.05, 0) is 41.7 Å². The van der Waals surface area contributed by atoms with Gasteiger partial charge in [0.05, 0.1) is 12.6 Å². The fourth-order valence-electron chi connectivity index (χ4n) is 6.05. The van der Waals surface area contributed by atoms with E-state index in [2.05, 4.69) is 78.8 Å². The molecule has 0 amide bonds. The Balaban J connectivity index is 1.39. The third kappa shape index (κ3) is 2.63. The molecule has 2 fully saturated rings. The zero-order valence-electron chi connectivity index (χ0n) is 17.4. The van der Waals surface area contributed by atoms with E-state index in [4.69, 9.17) is 0 Å². The van der Waals surface area contributed by atoms with Crippen molar-refractivity contribution in [2.75, 3.05) is 19.6 Å². The summed E-state index contributed by atoms with van der Waals surface area (Å²) < 4.78 is 2.31. The molecule has 1 N–H and O–H groups in total. The topological polar surface area (TPSA) is 28.4 Å². The summed E-state index contributed by atoms with van der Waals surface area (Å²) in [4.78, 5) is 2.53. The van der Waals surface area contributed by atoms with Gasteiger partial charge in [0, 0.05) is 41.4 Å². The molecule has 148 valence electrons. The van der Waals surface area contributed by atoms with Crippen molar-refractivity contribution in [1.29, 1.82) is 0 Å². The highest BCUT2D eigenvalue weighted by Crippen LogP contribution is 2.58. The van der Waals surface area contributed by atoms with Crippen LogP contribution in [0.25, 0.3) is 21.8 Å². The second kappa shape index (κ2) is 6.33. The SMILES string of the molecule is CC1(C)[C@H]2CC[C@]1(C)CN(C[C@H](O)Cn1c3ccccc3c3ccccc31)C2. The average Bonchev–Trinajstić information content (AvgIpc) is 2.99. The van der Waals surface area contributed by atoms with E-state index in [-0.39, 0.29) is 6.10 Å². The molecule has 2 heterocycles. The summed E-state index contributed by atoms with van der Waals surface area (Å²) >= 11 is 0. The molecule has 3 nitrogen and oxygen atoms in total. The molecule has 0 unspecified atom stereocenters. The number of hydrogen-bond acceptors (Lipinski definition) is 2. The predicted octanol–water partition coefficient (Wildman–Crippen LogP) is 4.91. The molecular weight excluding hydrogens is 344 g/mol. The average molecular weight is 377 g/mol. The van der Waals surface area contributed by atoms with Crippen LogP contribution in [0.4, 0.5) is 0 Å². The van der Waals surface area contributed by atoms with Crippen LogP contribution < -0.4 is 0 Å². The summed E-state index contributed by atoms with van der Waals surface area (Å²) in [5.41, 5.74) is 3.23. The fourth-order valence-corrected chi connectivity index (χ4v) is 6.05. The number of aliphatic hydroxyl groups is 1. The smallest absolute Gasteiger partial charge is 0.0845 e. The van der Waals surface area contributed by atoms with E-state index in [1.165, 1.54) is 34.6 Å². The summed E-state index contributed by atoms with van der Waals surface area (Å²) in [6.07, 6.45) is 2.30. The van der Waals surface area contributed by atoms with Crippen LogP contribution in [0, 0.1) is 16.7 Å². The Labute approximate surface area is 168 Å². The van der Waals surface area contributed by atoms with Crippen molar-refractivity contribution in [2.24, 2.45) is 16.7 Å². The number of aromatic nitrogens is 1. The minimum atomic E-state index is -0.358. The number of fused-ring (bicyclic) bond motifs is 5. The number of benzene rings is 2. The van der Waals surface area contributed by atoms with Crippen molar-refractivity contribution in [3.63, 3.8) is 0 Å². The highest BCUT2D eigenvalue weighted by molar-refractivity contribution is 6.07. The van der Waals surface area contributed by atoms with Crippen LogP contribution in [-0.2, 0) is 6.54 Å². The van der Waals surface area contributed by atoms with Gasteiger partial charge in [-0.15, -0.1) is 0 Å². The van der Waals surface area contributed by atoms with Gasteiger partial charge in [0.25, 0.3) is 0 Å². The van der Waals surface area contributed by atoms with Crippen molar-refractivity contribution >= 4 is 21.8 Å². The lowest BCUT2D eigenvalue weighted by atomic mass is 9.63. The second-order valence-corrected chi connectivity index (χ2v) is 10.0. The molecule has 3 aromatic rings. The number of aliphatic hydroxyl groups excluding tert-OH is 1. The molecule has 5 rings (SSSR count). The normalized spacial score (nSPS) is 28.2. The Morgan fingerprint density at radius 1 is 0.964 bits per heavy atom. The first-order valence-corrected chi connectivity index (χ1v) is 10.8. The van der Waals surface area contributed by atoms with E-state index >= 15 is 0 Å². The Bertz CT molecular complexity index is 966. The molecule has 3 heteroatoms. The summed E-state index contributed by atoms with van der Waals surface area (Å²) in [7, 11) is 0. The first kappa shape index (κ1) is 18.2. The van der Waals surface area contributed by atoms with Gasteiger partial charge < -0.3 is 9.67 Å². The quantitative estimate of drug-likeness (QED) is 0.700. The number of para-hydroxylation sites is 2. The monoisotopic (exact) mass is 376 g/mol. The fraction of sp³-hybridized carbons (Fsp3) is 0.520. The third-order valence-electron chi connectivity index (χ3n) is 8.21. The second-order valence-electron chi connectivity index (χ2n) is 10.0. The van der Waals surface area contributed by atoms with Crippen molar-refractivity contribution in [3.8, 4) is 0 Å². The van der Waals surface area contributed by atoms with Crippen LogP contribution in [0.1, 0.15) is 33.6 Å². The number of likely N-dealkylation sites (tertiary alicyclic amines) is 1. The minimum Gasteiger partial charge on any atom is -0.390 e. The Morgan fingerprint density at radius 2 is 1.57 bits per heavy atom. The first-order chi connectivity index (χ1) is 13.4.